The number of guanidine groups is 1. The van der Waals surface area contributed by atoms with Gasteiger partial charge in [-0.2, -0.15) is 0 Å². The zero-order valence-corrected chi connectivity index (χ0v) is 14.6. The molecule has 1 aromatic rings. The van der Waals surface area contributed by atoms with E-state index in [1.54, 1.807) is 0 Å². The summed E-state index contributed by atoms with van der Waals surface area (Å²) >= 11 is 0. The van der Waals surface area contributed by atoms with Gasteiger partial charge in [-0.1, -0.05) is 0 Å². The van der Waals surface area contributed by atoms with Crippen molar-refractivity contribution in [2.75, 3.05) is 45.3 Å². The van der Waals surface area contributed by atoms with Crippen molar-refractivity contribution in [3.05, 3.63) is 11.9 Å². The smallest absolute Gasteiger partial charge is 0.204 e. The van der Waals surface area contributed by atoms with Crippen molar-refractivity contribution in [3.63, 3.8) is 0 Å². The molecule has 2 N–H and O–H groups in total. The summed E-state index contributed by atoms with van der Waals surface area (Å²) in [5.74, 6) is 1.49. The fourth-order valence-electron chi connectivity index (χ4n) is 2.05. The molecule has 0 bridgehead atoms. The first kappa shape index (κ1) is 17.0. The highest BCUT2D eigenvalue weighted by molar-refractivity contribution is 14.0. The van der Waals surface area contributed by atoms with Gasteiger partial charge in [0.1, 0.15) is 0 Å². The summed E-state index contributed by atoms with van der Waals surface area (Å²) in [7, 11) is 5.92. The van der Waals surface area contributed by atoms with E-state index in [1.165, 1.54) is 0 Å². The van der Waals surface area contributed by atoms with Gasteiger partial charge in [0, 0.05) is 34.2 Å². The van der Waals surface area contributed by atoms with Gasteiger partial charge in [-0.25, -0.2) is 9.98 Å². The average molecular weight is 394 g/mol. The Balaban J connectivity index is 0.00000200. The van der Waals surface area contributed by atoms with Crippen LogP contribution in [0.15, 0.2) is 11.2 Å². The Kier molecular flexibility index (Phi) is 6.53. The van der Waals surface area contributed by atoms with Crippen molar-refractivity contribution in [2.45, 2.75) is 6.54 Å². The van der Waals surface area contributed by atoms with Crippen LogP contribution in [0.1, 0.15) is 5.69 Å². The molecule has 1 aliphatic heterocycles. The molecule has 0 unspecified atom stereocenters. The minimum atomic E-state index is 0. The summed E-state index contributed by atoms with van der Waals surface area (Å²) in [6, 6.07) is 0. The number of aliphatic imine (C=N–C) groups is 1. The van der Waals surface area contributed by atoms with Crippen molar-refractivity contribution in [2.24, 2.45) is 17.8 Å². The molecule has 20 heavy (non-hydrogen) atoms. The van der Waals surface area contributed by atoms with E-state index in [1.807, 2.05) is 41.7 Å². The van der Waals surface area contributed by atoms with Crippen molar-refractivity contribution in [1.82, 2.24) is 14.5 Å². The number of nitrogens with two attached hydrogens (primary N) is 1. The second kappa shape index (κ2) is 7.67. The molecule has 8 heteroatoms. The molecule has 0 saturated carbocycles. The highest BCUT2D eigenvalue weighted by atomic mass is 127. The number of morpholine rings is 1. The van der Waals surface area contributed by atoms with Crippen molar-refractivity contribution in [3.8, 4) is 0 Å². The fraction of sp³-hybridized carbons (Fsp3) is 0.667. The summed E-state index contributed by atoms with van der Waals surface area (Å²) in [5, 5.41) is 0. The van der Waals surface area contributed by atoms with Gasteiger partial charge in [0.25, 0.3) is 0 Å². The molecule has 0 radical (unpaired) electrons. The van der Waals surface area contributed by atoms with Crippen molar-refractivity contribution >= 4 is 35.9 Å². The summed E-state index contributed by atoms with van der Waals surface area (Å²) < 4.78 is 7.31. The van der Waals surface area contributed by atoms with Crippen LogP contribution in [0.25, 0.3) is 0 Å². The highest BCUT2D eigenvalue weighted by Crippen LogP contribution is 2.11. The summed E-state index contributed by atoms with van der Waals surface area (Å²) in [6.45, 7) is 3.59. The highest BCUT2D eigenvalue weighted by Gasteiger charge is 2.13. The first-order chi connectivity index (χ1) is 9.09. The Morgan fingerprint density at radius 1 is 1.45 bits per heavy atom. The lowest BCUT2D eigenvalue weighted by atomic mass is 10.4. The molecular weight excluding hydrogens is 371 g/mol. The Morgan fingerprint density at radius 2 is 2.10 bits per heavy atom. The maximum atomic E-state index is 5.99. The van der Waals surface area contributed by atoms with E-state index in [2.05, 4.69) is 9.98 Å². The molecule has 2 heterocycles. The van der Waals surface area contributed by atoms with Gasteiger partial charge in [-0.05, 0) is 0 Å². The number of hydrogen-bond donors (Lipinski definition) is 1. The summed E-state index contributed by atoms with van der Waals surface area (Å²) in [6.07, 6.45) is 1.84. The van der Waals surface area contributed by atoms with Gasteiger partial charge in [-0.15, -0.1) is 24.0 Å². The normalized spacial score (nSPS) is 15.9. The molecular formula is C12H23IN6O. The minimum absolute atomic E-state index is 0. The lowest BCUT2D eigenvalue weighted by Gasteiger charge is -2.27. The molecule has 1 fully saturated rings. The number of ether oxygens (including phenoxy) is 1. The molecule has 0 spiro atoms. The largest absolute Gasteiger partial charge is 0.378 e. The van der Waals surface area contributed by atoms with E-state index in [-0.39, 0.29) is 24.0 Å². The van der Waals surface area contributed by atoms with Gasteiger partial charge in [0.2, 0.25) is 5.95 Å². The van der Waals surface area contributed by atoms with Crippen LogP contribution in [0.5, 0.6) is 0 Å². The summed E-state index contributed by atoms with van der Waals surface area (Å²) in [5.41, 5.74) is 7.03. The van der Waals surface area contributed by atoms with E-state index in [0.717, 1.165) is 24.7 Å². The lowest BCUT2D eigenvalue weighted by molar-refractivity contribution is 0.0674. The molecule has 2 rings (SSSR count). The molecule has 114 valence electrons. The first-order valence-corrected chi connectivity index (χ1v) is 6.40. The maximum absolute atomic E-state index is 5.99. The number of imidazole rings is 1. The van der Waals surface area contributed by atoms with Crippen LogP contribution >= 0.6 is 24.0 Å². The van der Waals surface area contributed by atoms with Gasteiger partial charge in [0.15, 0.2) is 5.96 Å². The number of nitrogens with zero attached hydrogens (tertiary/aromatic N) is 5. The van der Waals surface area contributed by atoms with Gasteiger partial charge < -0.3 is 24.8 Å². The summed E-state index contributed by atoms with van der Waals surface area (Å²) in [4.78, 5) is 12.8. The Bertz CT molecular complexity index is 453. The van der Waals surface area contributed by atoms with E-state index in [4.69, 9.17) is 10.5 Å². The number of anilines is 1. The third kappa shape index (κ3) is 3.98. The molecule has 0 aliphatic carbocycles. The standard InChI is InChI=1S/C12H22N6O.HI/c1-16(2)12-15-9-10(17(12)3)8-14-11(13)18-4-6-19-7-5-18;/h9H,4-8H2,1-3H3,(H2,13,14);1H. The second-order valence-electron chi connectivity index (χ2n) is 4.78. The number of aromatic nitrogens is 2. The topological polar surface area (TPSA) is 71.9 Å². The zero-order valence-electron chi connectivity index (χ0n) is 12.2. The first-order valence-electron chi connectivity index (χ1n) is 6.40. The molecule has 7 nitrogen and oxygen atoms in total. The molecule has 1 aliphatic rings. The molecule has 0 aromatic carbocycles. The van der Waals surface area contributed by atoms with Gasteiger partial charge >= 0.3 is 0 Å². The quantitative estimate of drug-likeness (QED) is 0.452. The Hall–Kier alpha value is -1.03. The second-order valence-corrected chi connectivity index (χ2v) is 4.78. The van der Waals surface area contributed by atoms with Crippen LogP contribution in [0, 0.1) is 0 Å². The van der Waals surface area contributed by atoms with Crippen LogP contribution in [0.4, 0.5) is 5.95 Å². The van der Waals surface area contributed by atoms with Crippen LogP contribution in [0.3, 0.4) is 0 Å². The lowest BCUT2D eigenvalue weighted by Crippen LogP contribution is -2.44. The number of halogens is 1. The van der Waals surface area contributed by atoms with E-state index in [0.29, 0.717) is 25.7 Å². The molecule has 1 aromatic heterocycles. The fourth-order valence-corrected chi connectivity index (χ4v) is 2.05. The molecule has 1 saturated heterocycles. The zero-order chi connectivity index (χ0) is 13.8. The third-order valence-corrected chi connectivity index (χ3v) is 3.20. The minimum Gasteiger partial charge on any atom is -0.378 e. The maximum Gasteiger partial charge on any atom is 0.204 e. The molecule has 0 amide bonds. The van der Waals surface area contributed by atoms with Crippen LogP contribution in [-0.2, 0) is 18.3 Å². The Labute approximate surface area is 136 Å². The Morgan fingerprint density at radius 3 is 2.65 bits per heavy atom. The number of hydrogen-bond acceptors (Lipinski definition) is 4. The average Bonchev–Trinajstić information content (AvgIpc) is 2.78. The predicted molar refractivity (Wildman–Crippen MR) is 90.7 cm³/mol. The number of rotatable bonds is 3. The van der Waals surface area contributed by atoms with Gasteiger partial charge in [0.05, 0.1) is 31.6 Å². The van der Waals surface area contributed by atoms with Crippen LogP contribution < -0.4 is 10.6 Å². The predicted octanol–water partition coefficient (Wildman–Crippen LogP) is 0.251. The molecule has 0 atom stereocenters. The van der Waals surface area contributed by atoms with E-state index in [9.17, 15) is 0 Å². The van der Waals surface area contributed by atoms with Crippen LogP contribution in [0.2, 0.25) is 0 Å². The third-order valence-electron chi connectivity index (χ3n) is 3.20. The van der Waals surface area contributed by atoms with Crippen LogP contribution in [-0.4, -0.2) is 60.8 Å². The van der Waals surface area contributed by atoms with Crippen molar-refractivity contribution in [1.29, 1.82) is 0 Å². The monoisotopic (exact) mass is 394 g/mol. The SMILES string of the molecule is CN(C)c1ncc(CN=C(N)N2CCOCC2)n1C.I. The van der Waals surface area contributed by atoms with E-state index < -0.39 is 0 Å². The van der Waals surface area contributed by atoms with E-state index >= 15 is 0 Å². The van der Waals surface area contributed by atoms with Crippen molar-refractivity contribution < 1.29 is 4.74 Å². The van der Waals surface area contributed by atoms with Gasteiger partial charge in [-0.3, -0.25) is 0 Å².